The minimum atomic E-state index is -4.44. The number of carboxylic acids is 1. The van der Waals surface area contributed by atoms with E-state index in [-0.39, 0.29) is 6.42 Å². The predicted molar refractivity (Wildman–Crippen MR) is 91.2 cm³/mol. The van der Waals surface area contributed by atoms with E-state index in [4.69, 9.17) is 9.84 Å². The van der Waals surface area contributed by atoms with E-state index in [9.17, 15) is 23.5 Å². The number of amides is 1. The SMILES string of the molecule is CCC(c1ccccc1)C(NC(=O)OC(C)(C)C)C(O)C(F)(F)C(=O)O. The summed E-state index contributed by atoms with van der Waals surface area (Å²) in [6.07, 6.45) is -3.38. The van der Waals surface area contributed by atoms with Crippen molar-refractivity contribution in [3.8, 4) is 0 Å². The number of aliphatic carboxylic acids is 1. The Kier molecular flexibility index (Phi) is 7.08. The van der Waals surface area contributed by atoms with Gasteiger partial charge in [-0.25, -0.2) is 9.59 Å². The second-order valence-corrected chi connectivity index (χ2v) is 6.97. The van der Waals surface area contributed by atoms with Crippen LogP contribution in [-0.4, -0.2) is 45.9 Å². The number of carboxylic acid groups (broad SMARTS) is 1. The molecule has 146 valence electrons. The number of hydrogen-bond donors (Lipinski definition) is 3. The van der Waals surface area contributed by atoms with E-state index in [1.165, 1.54) is 0 Å². The van der Waals surface area contributed by atoms with E-state index >= 15 is 0 Å². The zero-order valence-corrected chi connectivity index (χ0v) is 15.2. The van der Waals surface area contributed by atoms with Crippen LogP contribution in [-0.2, 0) is 9.53 Å². The Balaban J connectivity index is 3.23. The molecule has 0 aliphatic carbocycles. The summed E-state index contributed by atoms with van der Waals surface area (Å²) in [7, 11) is 0. The normalized spacial score (nSPS) is 15.7. The first-order valence-electron chi connectivity index (χ1n) is 8.23. The van der Waals surface area contributed by atoms with Crippen LogP contribution in [0.15, 0.2) is 30.3 Å². The van der Waals surface area contributed by atoms with E-state index in [0.717, 1.165) is 0 Å². The molecule has 3 N–H and O–H groups in total. The van der Waals surface area contributed by atoms with Gasteiger partial charge < -0.3 is 20.3 Å². The first kappa shape index (κ1) is 21.8. The van der Waals surface area contributed by atoms with Crippen LogP contribution in [0.2, 0.25) is 0 Å². The molecule has 1 rings (SSSR count). The highest BCUT2D eigenvalue weighted by atomic mass is 19.3. The number of aliphatic hydroxyl groups excluding tert-OH is 1. The lowest BCUT2D eigenvalue weighted by Crippen LogP contribution is -2.57. The summed E-state index contributed by atoms with van der Waals surface area (Å²) in [6, 6.07) is 6.85. The molecule has 0 spiro atoms. The third kappa shape index (κ3) is 5.66. The molecule has 1 aromatic carbocycles. The average molecular weight is 373 g/mol. The predicted octanol–water partition coefficient (Wildman–Crippen LogP) is 3.15. The van der Waals surface area contributed by atoms with Gasteiger partial charge in [0.25, 0.3) is 0 Å². The van der Waals surface area contributed by atoms with Crippen molar-refractivity contribution in [3.63, 3.8) is 0 Å². The van der Waals surface area contributed by atoms with Crippen molar-refractivity contribution < 1.29 is 33.3 Å². The molecular formula is C18H25F2NO5. The van der Waals surface area contributed by atoms with Crippen LogP contribution < -0.4 is 5.32 Å². The van der Waals surface area contributed by atoms with Gasteiger partial charge in [0.05, 0.1) is 6.04 Å². The molecule has 0 fully saturated rings. The number of halogens is 2. The van der Waals surface area contributed by atoms with Gasteiger partial charge in [0.1, 0.15) is 11.7 Å². The summed E-state index contributed by atoms with van der Waals surface area (Å²) < 4.78 is 33.0. The molecule has 0 bridgehead atoms. The van der Waals surface area contributed by atoms with Crippen molar-refractivity contribution in [3.05, 3.63) is 35.9 Å². The summed E-state index contributed by atoms with van der Waals surface area (Å²) in [5.41, 5.74) is -0.306. The van der Waals surface area contributed by atoms with Crippen molar-refractivity contribution in [2.45, 2.75) is 63.7 Å². The molecule has 1 amide bonds. The zero-order chi connectivity index (χ0) is 20.1. The van der Waals surface area contributed by atoms with Crippen LogP contribution in [0.25, 0.3) is 0 Å². The number of carbonyl (C=O) groups excluding carboxylic acids is 1. The van der Waals surface area contributed by atoms with Gasteiger partial charge in [0.2, 0.25) is 0 Å². The number of alkyl halides is 2. The third-order valence-corrected chi connectivity index (χ3v) is 3.78. The first-order chi connectivity index (χ1) is 11.9. The first-order valence-corrected chi connectivity index (χ1v) is 8.23. The van der Waals surface area contributed by atoms with Gasteiger partial charge in [-0.3, -0.25) is 0 Å². The van der Waals surface area contributed by atoms with Crippen LogP contribution in [0, 0.1) is 0 Å². The molecule has 3 atom stereocenters. The minimum absolute atomic E-state index is 0.275. The van der Waals surface area contributed by atoms with Crippen molar-refractivity contribution in [2.24, 2.45) is 0 Å². The molecule has 3 unspecified atom stereocenters. The molecule has 8 heteroatoms. The van der Waals surface area contributed by atoms with E-state index < -0.39 is 41.6 Å². The molecule has 0 radical (unpaired) electrons. The molecule has 0 aliphatic heterocycles. The number of benzene rings is 1. The van der Waals surface area contributed by atoms with E-state index in [2.05, 4.69) is 5.32 Å². The Morgan fingerprint density at radius 3 is 2.15 bits per heavy atom. The fourth-order valence-electron chi connectivity index (χ4n) is 2.59. The molecule has 0 saturated carbocycles. The van der Waals surface area contributed by atoms with Crippen molar-refractivity contribution in [2.75, 3.05) is 0 Å². The van der Waals surface area contributed by atoms with Crippen LogP contribution in [0.3, 0.4) is 0 Å². The summed E-state index contributed by atoms with van der Waals surface area (Å²) in [5.74, 6) is -7.66. The second kappa shape index (κ2) is 8.44. The maximum Gasteiger partial charge on any atom is 0.407 e. The highest BCUT2D eigenvalue weighted by Crippen LogP contribution is 2.32. The standard InChI is InChI=1S/C18H25F2NO5/c1-5-12(11-9-7-6-8-10-11)13(14(22)18(19,20)15(23)24)21-16(25)26-17(2,3)4/h6-10,12-14,22H,5H2,1-4H3,(H,21,25)(H,23,24). The Morgan fingerprint density at radius 1 is 1.19 bits per heavy atom. The number of alkyl carbamates (subject to hydrolysis) is 1. The molecule has 0 heterocycles. The van der Waals surface area contributed by atoms with Crippen LogP contribution >= 0.6 is 0 Å². The molecule has 0 aromatic heterocycles. The van der Waals surface area contributed by atoms with Crippen molar-refractivity contribution >= 4 is 12.1 Å². The number of nitrogens with one attached hydrogen (secondary N) is 1. The van der Waals surface area contributed by atoms with Gasteiger partial charge in [0.15, 0.2) is 0 Å². The molecular weight excluding hydrogens is 348 g/mol. The lowest BCUT2D eigenvalue weighted by atomic mass is 9.84. The lowest BCUT2D eigenvalue weighted by molar-refractivity contribution is -0.185. The van der Waals surface area contributed by atoms with E-state index in [0.29, 0.717) is 5.56 Å². The largest absolute Gasteiger partial charge is 0.477 e. The molecule has 0 saturated heterocycles. The molecule has 1 aromatic rings. The number of rotatable bonds is 7. The Bertz CT molecular complexity index is 616. The molecule has 0 aliphatic rings. The van der Waals surface area contributed by atoms with Gasteiger partial charge in [0, 0.05) is 5.92 Å². The summed E-state index contributed by atoms with van der Waals surface area (Å²) in [6.45, 7) is 6.47. The van der Waals surface area contributed by atoms with Crippen molar-refractivity contribution in [1.29, 1.82) is 0 Å². The topological polar surface area (TPSA) is 95.9 Å². The molecule has 6 nitrogen and oxygen atoms in total. The van der Waals surface area contributed by atoms with Gasteiger partial charge in [-0.15, -0.1) is 0 Å². The quantitative estimate of drug-likeness (QED) is 0.682. The maximum absolute atomic E-state index is 13.9. The molecule has 26 heavy (non-hydrogen) atoms. The van der Waals surface area contributed by atoms with Crippen molar-refractivity contribution in [1.82, 2.24) is 5.32 Å². The van der Waals surface area contributed by atoms with E-state index in [1.807, 2.05) is 0 Å². The maximum atomic E-state index is 13.9. The number of hydrogen-bond acceptors (Lipinski definition) is 4. The zero-order valence-electron chi connectivity index (χ0n) is 15.2. The lowest BCUT2D eigenvalue weighted by Gasteiger charge is -2.34. The van der Waals surface area contributed by atoms with Gasteiger partial charge >= 0.3 is 18.0 Å². The van der Waals surface area contributed by atoms with Crippen LogP contribution in [0.5, 0.6) is 0 Å². The number of ether oxygens (including phenoxy) is 1. The third-order valence-electron chi connectivity index (χ3n) is 3.78. The van der Waals surface area contributed by atoms with Crippen LogP contribution in [0.4, 0.5) is 13.6 Å². The monoisotopic (exact) mass is 373 g/mol. The number of aliphatic hydroxyl groups is 1. The average Bonchev–Trinajstić information content (AvgIpc) is 2.53. The van der Waals surface area contributed by atoms with Gasteiger partial charge in [-0.1, -0.05) is 37.3 Å². The summed E-state index contributed by atoms with van der Waals surface area (Å²) in [4.78, 5) is 23.0. The second-order valence-electron chi connectivity index (χ2n) is 6.97. The highest BCUT2D eigenvalue weighted by molar-refractivity contribution is 5.76. The number of carbonyl (C=O) groups is 2. The fourth-order valence-corrected chi connectivity index (χ4v) is 2.59. The Hall–Kier alpha value is -2.22. The van der Waals surface area contributed by atoms with Gasteiger partial charge in [-0.2, -0.15) is 8.78 Å². The summed E-state index contributed by atoms with van der Waals surface area (Å²) in [5, 5.41) is 21.1. The minimum Gasteiger partial charge on any atom is -0.477 e. The Labute approximate surface area is 151 Å². The highest BCUT2D eigenvalue weighted by Gasteiger charge is 2.52. The Morgan fingerprint density at radius 2 is 1.73 bits per heavy atom. The van der Waals surface area contributed by atoms with Crippen LogP contribution in [0.1, 0.15) is 45.6 Å². The van der Waals surface area contributed by atoms with E-state index in [1.54, 1.807) is 58.0 Å². The summed E-state index contributed by atoms with van der Waals surface area (Å²) >= 11 is 0. The smallest absolute Gasteiger partial charge is 0.407 e. The van der Waals surface area contributed by atoms with Gasteiger partial charge in [-0.05, 0) is 32.8 Å². The fraction of sp³-hybridized carbons (Fsp3) is 0.556.